The Morgan fingerprint density at radius 1 is 1.27 bits per heavy atom. The lowest BCUT2D eigenvalue weighted by molar-refractivity contribution is -0.123. The predicted molar refractivity (Wildman–Crippen MR) is 113 cm³/mol. The van der Waals surface area contributed by atoms with E-state index in [2.05, 4.69) is 21.5 Å². The van der Waals surface area contributed by atoms with Crippen molar-refractivity contribution in [2.45, 2.75) is 44.1 Å². The summed E-state index contributed by atoms with van der Waals surface area (Å²) in [6, 6.07) is 7.77. The zero-order chi connectivity index (χ0) is 20.2. The van der Waals surface area contributed by atoms with Gasteiger partial charge in [0.2, 0.25) is 5.91 Å². The molecule has 3 fully saturated rings. The number of nitrogens with zero attached hydrogens (tertiary/aromatic N) is 5. The molecule has 0 aromatic carbocycles. The topological polar surface area (TPSA) is 107 Å². The molecular formula is C21H25ClN6O2. The monoisotopic (exact) mass is 428 g/mol. The maximum atomic E-state index is 13.0. The van der Waals surface area contributed by atoms with E-state index in [1.165, 1.54) is 0 Å². The molecule has 0 bridgehead atoms. The van der Waals surface area contributed by atoms with Crippen LogP contribution >= 0.6 is 12.4 Å². The molecule has 158 valence electrons. The second-order valence-corrected chi connectivity index (χ2v) is 8.51. The van der Waals surface area contributed by atoms with Gasteiger partial charge in [0.1, 0.15) is 16.8 Å². The summed E-state index contributed by atoms with van der Waals surface area (Å²) in [6.45, 7) is 0.549. The molecule has 1 saturated heterocycles. The van der Waals surface area contributed by atoms with Gasteiger partial charge in [-0.05, 0) is 50.5 Å². The molecule has 0 unspecified atom stereocenters. The van der Waals surface area contributed by atoms with Gasteiger partial charge in [-0.15, -0.1) is 12.4 Å². The number of nitrogens with one attached hydrogen (secondary N) is 1. The fourth-order valence-corrected chi connectivity index (χ4v) is 4.65. The number of halogens is 1. The highest BCUT2D eigenvalue weighted by molar-refractivity contribution is 6.02. The van der Waals surface area contributed by atoms with Crippen LogP contribution in [0.2, 0.25) is 0 Å². The number of carbonyl (C=O) groups is 1. The zero-order valence-electron chi connectivity index (χ0n) is 16.8. The number of amides is 1. The second-order valence-electron chi connectivity index (χ2n) is 8.51. The third kappa shape index (κ3) is 3.13. The van der Waals surface area contributed by atoms with E-state index in [0.29, 0.717) is 24.6 Å². The van der Waals surface area contributed by atoms with Crippen molar-refractivity contribution < 1.29 is 9.90 Å². The van der Waals surface area contributed by atoms with Gasteiger partial charge in [0.25, 0.3) is 0 Å². The van der Waals surface area contributed by atoms with E-state index in [0.717, 1.165) is 43.5 Å². The van der Waals surface area contributed by atoms with Gasteiger partial charge in [-0.2, -0.15) is 10.4 Å². The van der Waals surface area contributed by atoms with Crippen molar-refractivity contribution in [2.75, 3.05) is 16.8 Å². The average Bonchev–Trinajstić information content (AvgIpc) is 3.40. The summed E-state index contributed by atoms with van der Waals surface area (Å²) in [4.78, 5) is 19.1. The van der Waals surface area contributed by atoms with Gasteiger partial charge < -0.3 is 15.3 Å². The van der Waals surface area contributed by atoms with Crippen LogP contribution in [0.25, 0.3) is 0 Å². The van der Waals surface area contributed by atoms with Gasteiger partial charge in [-0.1, -0.05) is 0 Å². The molecular weight excluding hydrogens is 404 g/mol. The lowest BCUT2D eigenvalue weighted by Gasteiger charge is -2.36. The first-order chi connectivity index (χ1) is 13.9. The number of hydrogen-bond donors (Lipinski definition) is 2. The van der Waals surface area contributed by atoms with Crippen molar-refractivity contribution in [3.8, 4) is 6.07 Å². The third-order valence-corrected chi connectivity index (χ3v) is 6.68. The number of anilines is 3. The van der Waals surface area contributed by atoms with E-state index in [1.54, 1.807) is 21.8 Å². The van der Waals surface area contributed by atoms with Crippen LogP contribution in [0.5, 0.6) is 0 Å². The number of hydrogen-bond acceptors (Lipinski definition) is 6. The molecule has 30 heavy (non-hydrogen) atoms. The number of aromatic nitrogens is 3. The Labute approximate surface area is 181 Å². The van der Waals surface area contributed by atoms with Crippen molar-refractivity contribution in [3.05, 3.63) is 30.1 Å². The Kier molecular flexibility index (Phi) is 4.99. The first-order valence-corrected chi connectivity index (χ1v) is 10.2. The molecule has 1 aliphatic heterocycles. The van der Waals surface area contributed by atoms with Crippen LogP contribution in [0.15, 0.2) is 24.4 Å². The number of carbonyl (C=O) groups excluding carboxylic acids is 1. The first kappa shape index (κ1) is 20.6. The molecule has 1 atom stereocenters. The van der Waals surface area contributed by atoms with Crippen molar-refractivity contribution >= 4 is 35.6 Å². The van der Waals surface area contributed by atoms with Crippen molar-refractivity contribution in [3.63, 3.8) is 0 Å². The highest BCUT2D eigenvalue weighted by Gasteiger charge is 2.56. The molecule has 2 saturated carbocycles. The molecule has 0 radical (unpaired) electrons. The van der Waals surface area contributed by atoms with E-state index >= 15 is 0 Å². The minimum atomic E-state index is -0.856. The number of pyridine rings is 1. The lowest BCUT2D eigenvalue weighted by Crippen LogP contribution is -2.35. The molecule has 5 rings (SSSR count). The van der Waals surface area contributed by atoms with E-state index in [1.807, 2.05) is 19.2 Å². The maximum absolute atomic E-state index is 13.0. The number of aliphatic hydroxyl groups is 1. The first-order valence-electron chi connectivity index (χ1n) is 10.2. The Balaban J connectivity index is 0.00000218. The van der Waals surface area contributed by atoms with Crippen LogP contribution in [0, 0.1) is 22.7 Å². The maximum Gasteiger partial charge on any atom is 0.247 e. The Bertz CT molecular complexity index is 1020. The smallest absolute Gasteiger partial charge is 0.247 e. The Morgan fingerprint density at radius 3 is 2.67 bits per heavy atom. The quantitative estimate of drug-likeness (QED) is 0.758. The Morgan fingerprint density at radius 2 is 2.03 bits per heavy atom. The van der Waals surface area contributed by atoms with Gasteiger partial charge in [0.15, 0.2) is 5.82 Å². The molecule has 2 aromatic heterocycles. The van der Waals surface area contributed by atoms with Crippen LogP contribution in [0.1, 0.15) is 44.2 Å². The molecule has 3 aliphatic rings. The summed E-state index contributed by atoms with van der Waals surface area (Å²) in [7, 11) is 1.82. The average molecular weight is 429 g/mol. The van der Waals surface area contributed by atoms with Gasteiger partial charge >= 0.3 is 0 Å². The standard InChI is InChI=1S/C21H24N6O2.ClH/c1-26-16(21(29)6-2-7-21)12-18(25-26)24-17-11-15(5-9-23-17)27-10-8-20(13-22,19(27)28)14-3-4-14;/h5,9,11-12,14,29H,2-4,6-8,10H2,1H3,(H,23,24,25);1H/t20-;/m1./s1. The fraction of sp³-hybridized carbons (Fsp3) is 0.524. The van der Waals surface area contributed by atoms with Crippen LogP contribution in [-0.4, -0.2) is 32.3 Å². The SMILES string of the molecule is Cl.Cn1nc(Nc2cc(N3CC[C@@](C#N)(C4CC4)C3=O)ccn2)cc1C1(O)CCC1. The van der Waals surface area contributed by atoms with Crippen molar-refractivity contribution in [2.24, 2.45) is 18.4 Å². The van der Waals surface area contributed by atoms with Gasteiger partial charge in [0, 0.05) is 37.6 Å². The zero-order valence-corrected chi connectivity index (χ0v) is 17.7. The minimum Gasteiger partial charge on any atom is -0.384 e. The number of aryl methyl sites for hydroxylation is 1. The largest absolute Gasteiger partial charge is 0.384 e. The molecule has 1 amide bonds. The summed E-state index contributed by atoms with van der Waals surface area (Å²) in [5.74, 6) is 1.28. The number of nitriles is 1. The predicted octanol–water partition coefficient (Wildman–Crippen LogP) is 3.01. The number of rotatable bonds is 5. The van der Waals surface area contributed by atoms with E-state index in [-0.39, 0.29) is 24.2 Å². The highest BCUT2D eigenvalue weighted by atomic mass is 35.5. The van der Waals surface area contributed by atoms with Crippen LogP contribution < -0.4 is 10.2 Å². The summed E-state index contributed by atoms with van der Waals surface area (Å²) < 4.78 is 1.70. The highest BCUT2D eigenvalue weighted by Crippen LogP contribution is 2.52. The summed E-state index contributed by atoms with van der Waals surface area (Å²) in [5, 5.41) is 27.9. The molecule has 2 aliphatic carbocycles. The fourth-order valence-electron chi connectivity index (χ4n) is 4.65. The normalized spacial score (nSPS) is 24.7. The summed E-state index contributed by atoms with van der Waals surface area (Å²) in [6.07, 6.45) is 6.67. The third-order valence-electron chi connectivity index (χ3n) is 6.68. The lowest BCUT2D eigenvalue weighted by atomic mass is 9.78. The van der Waals surface area contributed by atoms with E-state index in [4.69, 9.17) is 0 Å². The summed E-state index contributed by atoms with van der Waals surface area (Å²) in [5.41, 5.74) is -0.118. The van der Waals surface area contributed by atoms with Crippen LogP contribution in [0.3, 0.4) is 0 Å². The second kappa shape index (κ2) is 7.25. The van der Waals surface area contributed by atoms with Gasteiger partial charge in [-0.3, -0.25) is 9.48 Å². The van der Waals surface area contributed by atoms with Crippen LogP contribution in [0.4, 0.5) is 17.3 Å². The van der Waals surface area contributed by atoms with Crippen LogP contribution in [-0.2, 0) is 17.4 Å². The Hall–Kier alpha value is -2.63. The summed E-state index contributed by atoms with van der Waals surface area (Å²) >= 11 is 0. The molecule has 0 spiro atoms. The van der Waals surface area contributed by atoms with Crippen molar-refractivity contribution in [1.82, 2.24) is 14.8 Å². The molecule has 2 N–H and O–H groups in total. The molecule has 9 heteroatoms. The van der Waals surface area contributed by atoms with Crippen molar-refractivity contribution in [1.29, 1.82) is 5.26 Å². The minimum absolute atomic E-state index is 0. The van der Waals surface area contributed by atoms with Gasteiger partial charge in [0.05, 0.1) is 11.8 Å². The molecule has 2 aromatic rings. The molecule has 3 heterocycles. The molecule has 8 nitrogen and oxygen atoms in total. The van der Waals surface area contributed by atoms with E-state index < -0.39 is 11.0 Å². The van der Waals surface area contributed by atoms with Gasteiger partial charge in [-0.25, -0.2) is 4.98 Å². The van der Waals surface area contributed by atoms with E-state index in [9.17, 15) is 15.2 Å².